The molecule has 3 fully saturated rings. The lowest BCUT2D eigenvalue weighted by Gasteiger charge is -2.40. The van der Waals surface area contributed by atoms with E-state index in [1.54, 1.807) is 16.8 Å². The molecule has 2 amide bonds. The molecule has 6 rings (SSSR count). The third kappa shape index (κ3) is 8.48. The van der Waals surface area contributed by atoms with Crippen LogP contribution in [-0.4, -0.2) is 54.5 Å². The number of carbonyl (C=O) groups excluding carboxylic acids is 2. The standard InChI is InChI=1S/C36H43ClF3N7O2S/c1-22-5-4-14-47(20-22)32-28(36(38,39)40)19-41-34(45-32)43-30-10-7-25(17-23(30)2)50-42-21-35(3)12-15-46(16-13-35)24-6-8-26(29(37)18-24)27-9-11-31(48)44-33(27)49/h6-8,10,17-19,22,27,42H,4-5,9,11-16,20-21H2,1-3H3,(H,41,43,45)(H,44,48,49). The summed E-state index contributed by atoms with van der Waals surface area (Å²) in [6.07, 6.45) is 0.920. The van der Waals surface area contributed by atoms with Crippen LogP contribution in [0.5, 0.6) is 0 Å². The highest BCUT2D eigenvalue weighted by molar-refractivity contribution is 7.97. The van der Waals surface area contributed by atoms with Gasteiger partial charge in [-0.05, 0) is 104 Å². The summed E-state index contributed by atoms with van der Waals surface area (Å²) in [5.74, 6) is -0.573. The predicted molar refractivity (Wildman–Crippen MR) is 192 cm³/mol. The van der Waals surface area contributed by atoms with Crippen LogP contribution in [0.1, 0.15) is 75.0 Å². The second-order valence-electron chi connectivity index (χ2n) is 14.2. The number of amides is 2. The summed E-state index contributed by atoms with van der Waals surface area (Å²) < 4.78 is 45.1. The highest BCUT2D eigenvalue weighted by Crippen LogP contribution is 2.39. The summed E-state index contributed by atoms with van der Waals surface area (Å²) in [5.41, 5.74) is 2.73. The molecule has 3 aliphatic rings. The van der Waals surface area contributed by atoms with Crippen molar-refractivity contribution in [2.75, 3.05) is 47.8 Å². The first kappa shape index (κ1) is 36.2. The Morgan fingerprint density at radius 2 is 1.86 bits per heavy atom. The Morgan fingerprint density at radius 3 is 2.54 bits per heavy atom. The van der Waals surface area contributed by atoms with E-state index in [1.165, 1.54) is 0 Å². The smallest absolute Gasteiger partial charge is 0.371 e. The quantitative estimate of drug-likeness (QED) is 0.150. The summed E-state index contributed by atoms with van der Waals surface area (Å²) in [7, 11) is 0. The first-order valence-electron chi connectivity index (χ1n) is 17.1. The maximum atomic E-state index is 13.8. The summed E-state index contributed by atoms with van der Waals surface area (Å²) in [5, 5.41) is 6.09. The highest BCUT2D eigenvalue weighted by atomic mass is 35.5. The van der Waals surface area contributed by atoms with E-state index in [-0.39, 0.29) is 29.0 Å². The number of hydrogen-bond donors (Lipinski definition) is 3. The van der Waals surface area contributed by atoms with E-state index in [9.17, 15) is 22.8 Å². The lowest BCUT2D eigenvalue weighted by atomic mass is 9.80. The van der Waals surface area contributed by atoms with Crippen molar-refractivity contribution >= 4 is 58.5 Å². The van der Waals surface area contributed by atoms with Crippen LogP contribution in [0.2, 0.25) is 5.02 Å². The van der Waals surface area contributed by atoms with Crippen molar-refractivity contribution in [3.05, 3.63) is 64.3 Å². The minimum absolute atomic E-state index is 0.0682. The van der Waals surface area contributed by atoms with Gasteiger partial charge in [0.25, 0.3) is 0 Å². The zero-order valence-corrected chi connectivity index (χ0v) is 30.1. The molecule has 0 bridgehead atoms. The van der Waals surface area contributed by atoms with Crippen LogP contribution in [-0.2, 0) is 15.8 Å². The van der Waals surface area contributed by atoms with E-state index in [0.717, 1.165) is 78.9 Å². The van der Waals surface area contributed by atoms with Gasteiger partial charge in [0.1, 0.15) is 11.4 Å². The maximum Gasteiger partial charge on any atom is 0.421 e. The maximum absolute atomic E-state index is 13.8. The second kappa shape index (κ2) is 15.0. The fraction of sp³-hybridized carbons (Fsp3) is 0.500. The van der Waals surface area contributed by atoms with Crippen LogP contribution >= 0.6 is 23.5 Å². The zero-order valence-electron chi connectivity index (χ0n) is 28.5. The van der Waals surface area contributed by atoms with Crippen molar-refractivity contribution in [1.82, 2.24) is 20.0 Å². The molecule has 268 valence electrons. The summed E-state index contributed by atoms with van der Waals surface area (Å²) in [6, 6.07) is 11.8. The van der Waals surface area contributed by atoms with Crippen molar-refractivity contribution in [2.45, 2.75) is 76.3 Å². The third-order valence-corrected chi connectivity index (χ3v) is 11.2. The van der Waals surface area contributed by atoms with Gasteiger partial charge in [0.05, 0.1) is 5.92 Å². The Bertz CT molecular complexity index is 1730. The Balaban J connectivity index is 1.02. The molecule has 0 saturated carbocycles. The molecule has 2 atom stereocenters. The van der Waals surface area contributed by atoms with Gasteiger partial charge < -0.3 is 15.1 Å². The second-order valence-corrected chi connectivity index (χ2v) is 15.5. The van der Waals surface area contributed by atoms with Gasteiger partial charge in [-0.25, -0.2) is 4.98 Å². The van der Waals surface area contributed by atoms with Crippen molar-refractivity contribution in [3.8, 4) is 0 Å². The highest BCUT2D eigenvalue weighted by Gasteiger charge is 2.38. The van der Waals surface area contributed by atoms with Crippen LogP contribution in [0.15, 0.2) is 47.5 Å². The molecule has 2 aromatic carbocycles. The topological polar surface area (TPSA) is 102 Å². The number of anilines is 4. The van der Waals surface area contributed by atoms with Gasteiger partial charge in [-0.15, -0.1) is 0 Å². The van der Waals surface area contributed by atoms with Crippen LogP contribution in [0.4, 0.5) is 36.3 Å². The summed E-state index contributed by atoms with van der Waals surface area (Å²) in [4.78, 5) is 37.3. The Hall–Kier alpha value is -3.55. The number of aryl methyl sites for hydroxylation is 1. The van der Waals surface area contributed by atoms with Gasteiger partial charge in [0, 0.05) is 66.6 Å². The molecule has 0 spiro atoms. The number of piperidine rings is 3. The predicted octanol–water partition coefficient (Wildman–Crippen LogP) is 7.86. The summed E-state index contributed by atoms with van der Waals surface area (Å²) >= 11 is 8.19. The van der Waals surface area contributed by atoms with Crippen LogP contribution in [0.3, 0.4) is 0 Å². The molecule has 3 aliphatic heterocycles. The molecular weight excluding hydrogens is 687 g/mol. The average molecular weight is 730 g/mol. The average Bonchev–Trinajstić information content (AvgIpc) is 3.06. The molecule has 50 heavy (non-hydrogen) atoms. The lowest BCUT2D eigenvalue weighted by Crippen LogP contribution is -2.42. The van der Waals surface area contributed by atoms with Gasteiger partial charge in [0.15, 0.2) is 0 Å². The van der Waals surface area contributed by atoms with Gasteiger partial charge in [-0.2, -0.15) is 18.2 Å². The van der Waals surface area contributed by atoms with E-state index in [1.807, 2.05) is 50.2 Å². The third-order valence-electron chi connectivity index (χ3n) is 10.1. The van der Waals surface area contributed by atoms with Crippen LogP contribution in [0, 0.1) is 18.3 Å². The Morgan fingerprint density at radius 1 is 1.08 bits per heavy atom. The molecule has 3 N–H and O–H groups in total. The Labute approximate surface area is 300 Å². The number of hydrogen-bond acceptors (Lipinski definition) is 9. The molecular formula is C36H43ClF3N7O2S. The van der Waals surface area contributed by atoms with Crippen LogP contribution in [0.25, 0.3) is 0 Å². The van der Waals surface area contributed by atoms with Gasteiger partial charge in [0.2, 0.25) is 17.8 Å². The van der Waals surface area contributed by atoms with Gasteiger partial charge in [-0.3, -0.25) is 19.6 Å². The van der Waals surface area contributed by atoms with Gasteiger partial charge >= 0.3 is 6.18 Å². The number of halogens is 4. The molecule has 1 aromatic heterocycles. The normalized spacial score (nSPS) is 21.3. The van der Waals surface area contributed by atoms with Gasteiger partial charge in [-0.1, -0.05) is 31.5 Å². The zero-order chi connectivity index (χ0) is 35.6. The number of nitrogens with one attached hydrogen (secondary N) is 3. The monoisotopic (exact) mass is 729 g/mol. The van der Waals surface area contributed by atoms with Crippen molar-refractivity contribution < 1.29 is 22.8 Å². The Kier molecular flexibility index (Phi) is 10.9. The molecule has 0 aliphatic carbocycles. The molecule has 2 unspecified atom stereocenters. The number of rotatable bonds is 9. The lowest BCUT2D eigenvalue weighted by molar-refractivity contribution is -0.138. The number of alkyl halides is 3. The first-order valence-corrected chi connectivity index (χ1v) is 18.3. The molecule has 3 aromatic rings. The van der Waals surface area contributed by atoms with E-state index in [4.69, 9.17) is 11.6 Å². The van der Waals surface area contributed by atoms with E-state index < -0.39 is 17.7 Å². The van der Waals surface area contributed by atoms with Crippen LogP contribution < -0.4 is 25.2 Å². The number of benzene rings is 2. The fourth-order valence-corrected chi connectivity index (χ4v) is 8.24. The number of imide groups is 1. The first-order chi connectivity index (χ1) is 23.8. The van der Waals surface area contributed by atoms with E-state index in [2.05, 4.69) is 37.1 Å². The molecule has 14 heteroatoms. The SMILES string of the molecule is Cc1cc(SNCC2(C)CCN(c3ccc(C4CCC(=O)NC4=O)c(Cl)c3)CC2)ccc1Nc1ncc(C(F)(F)F)c(N2CCCC(C)C2)n1. The fourth-order valence-electron chi connectivity index (χ4n) is 6.98. The van der Waals surface area contributed by atoms with Crippen molar-refractivity contribution in [2.24, 2.45) is 11.3 Å². The van der Waals surface area contributed by atoms with Crippen molar-refractivity contribution in [1.29, 1.82) is 0 Å². The minimum atomic E-state index is -4.54. The van der Waals surface area contributed by atoms with E-state index >= 15 is 0 Å². The molecule has 0 radical (unpaired) electrons. The molecule has 3 saturated heterocycles. The number of nitrogens with zero attached hydrogens (tertiary/aromatic N) is 4. The van der Waals surface area contributed by atoms with E-state index in [0.29, 0.717) is 36.9 Å². The minimum Gasteiger partial charge on any atom is -0.371 e. The number of carbonyl (C=O) groups is 2. The number of aromatic nitrogens is 2. The molecule has 9 nitrogen and oxygen atoms in total. The van der Waals surface area contributed by atoms with Crippen molar-refractivity contribution in [3.63, 3.8) is 0 Å². The molecule has 4 heterocycles. The summed E-state index contributed by atoms with van der Waals surface area (Å²) in [6.45, 7) is 9.93. The largest absolute Gasteiger partial charge is 0.421 e.